The van der Waals surface area contributed by atoms with E-state index < -0.39 is 0 Å². The number of carbonyl (C=O) groups is 1. The molecule has 1 atom stereocenters. The highest BCUT2D eigenvalue weighted by atomic mass is 16.1. The van der Waals surface area contributed by atoms with Gasteiger partial charge in [0.1, 0.15) is 0 Å². The van der Waals surface area contributed by atoms with E-state index in [4.69, 9.17) is 5.73 Å². The third-order valence-corrected chi connectivity index (χ3v) is 3.54. The molecule has 3 rings (SSSR count). The quantitative estimate of drug-likeness (QED) is 0.813. The molecule has 3 N–H and O–H groups in total. The summed E-state index contributed by atoms with van der Waals surface area (Å²) in [7, 11) is 0. The fourth-order valence-corrected chi connectivity index (χ4v) is 2.30. The summed E-state index contributed by atoms with van der Waals surface area (Å²) in [6.07, 6.45) is 4.82. The fraction of sp³-hybridized carbons (Fsp3) is 0.429. The van der Waals surface area contributed by atoms with Crippen molar-refractivity contribution in [1.29, 1.82) is 0 Å². The van der Waals surface area contributed by atoms with Crippen molar-refractivity contribution < 1.29 is 4.79 Å². The van der Waals surface area contributed by atoms with E-state index >= 15 is 0 Å². The highest BCUT2D eigenvalue weighted by Gasteiger charge is 2.27. The summed E-state index contributed by atoms with van der Waals surface area (Å²) in [6, 6.07) is 8.23. The second kappa shape index (κ2) is 5.01. The number of benzene rings is 1. The first-order chi connectivity index (χ1) is 9.24. The van der Waals surface area contributed by atoms with Crippen molar-refractivity contribution in [3.63, 3.8) is 0 Å². The number of carbonyl (C=O) groups excluding carboxylic acids is 1. The Morgan fingerprint density at radius 2 is 2.26 bits per heavy atom. The summed E-state index contributed by atoms with van der Waals surface area (Å²) in [5.74, 6) is -0.267. The summed E-state index contributed by atoms with van der Waals surface area (Å²) in [5, 5.41) is 3.29. The molecule has 0 spiro atoms. The highest BCUT2D eigenvalue weighted by Crippen LogP contribution is 2.20. The molecule has 0 aliphatic heterocycles. The van der Waals surface area contributed by atoms with E-state index in [0.717, 1.165) is 30.4 Å². The number of aromatic nitrogens is 2. The second-order valence-corrected chi connectivity index (χ2v) is 5.11. The smallest absolute Gasteiger partial charge is 0.234 e. The topological polar surface area (TPSA) is 72.9 Å². The molecule has 1 aromatic carbocycles. The largest absolute Gasteiger partial charge is 0.368 e. The van der Waals surface area contributed by atoms with Crippen LogP contribution in [0.5, 0.6) is 0 Å². The first kappa shape index (κ1) is 12.2. The first-order valence-corrected chi connectivity index (χ1v) is 6.69. The van der Waals surface area contributed by atoms with Crippen LogP contribution in [0.4, 0.5) is 0 Å². The Morgan fingerprint density at radius 1 is 1.47 bits per heavy atom. The third kappa shape index (κ3) is 2.76. The first-order valence-electron chi connectivity index (χ1n) is 6.69. The lowest BCUT2D eigenvalue weighted by molar-refractivity contribution is -0.120. The van der Waals surface area contributed by atoms with Gasteiger partial charge < -0.3 is 15.6 Å². The van der Waals surface area contributed by atoms with Gasteiger partial charge in [-0.25, -0.2) is 4.98 Å². The molecule has 5 heteroatoms. The molecule has 1 fully saturated rings. The number of para-hydroxylation sites is 2. The van der Waals surface area contributed by atoms with Gasteiger partial charge in [-0.3, -0.25) is 4.79 Å². The molecule has 19 heavy (non-hydrogen) atoms. The van der Waals surface area contributed by atoms with Gasteiger partial charge >= 0.3 is 0 Å². The second-order valence-electron chi connectivity index (χ2n) is 5.11. The van der Waals surface area contributed by atoms with Crippen LogP contribution in [-0.2, 0) is 11.3 Å². The number of primary amides is 1. The van der Waals surface area contributed by atoms with Gasteiger partial charge in [0.25, 0.3) is 0 Å². The van der Waals surface area contributed by atoms with Crippen molar-refractivity contribution in [3.05, 3.63) is 30.6 Å². The maximum atomic E-state index is 11.4. The maximum Gasteiger partial charge on any atom is 0.234 e. The number of fused-ring (bicyclic) bond motifs is 1. The molecule has 2 aromatic rings. The summed E-state index contributed by atoms with van der Waals surface area (Å²) >= 11 is 0. The lowest BCUT2D eigenvalue weighted by atomic mass is 10.2. The van der Waals surface area contributed by atoms with Gasteiger partial charge in [0, 0.05) is 12.6 Å². The van der Waals surface area contributed by atoms with E-state index in [-0.39, 0.29) is 11.9 Å². The Balaban J connectivity index is 1.68. The molecule has 0 saturated heterocycles. The van der Waals surface area contributed by atoms with E-state index in [0.29, 0.717) is 12.5 Å². The van der Waals surface area contributed by atoms with Crippen molar-refractivity contribution in [2.75, 3.05) is 0 Å². The predicted molar refractivity (Wildman–Crippen MR) is 73.5 cm³/mol. The van der Waals surface area contributed by atoms with Gasteiger partial charge in [-0.2, -0.15) is 0 Å². The summed E-state index contributed by atoms with van der Waals surface area (Å²) in [5.41, 5.74) is 7.51. The van der Waals surface area contributed by atoms with Crippen LogP contribution in [0.2, 0.25) is 0 Å². The van der Waals surface area contributed by atoms with Gasteiger partial charge in [-0.1, -0.05) is 12.1 Å². The molecule has 1 saturated carbocycles. The Labute approximate surface area is 111 Å². The number of rotatable bonds is 6. The number of aryl methyl sites for hydroxylation is 1. The zero-order chi connectivity index (χ0) is 13.2. The van der Waals surface area contributed by atoms with Crippen molar-refractivity contribution in [2.45, 2.75) is 37.9 Å². The van der Waals surface area contributed by atoms with Gasteiger partial charge in [-0.15, -0.1) is 0 Å². The summed E-state index contributed by atoms with van der Waals surface area (Å²) in [6.45, 7) is 0.744. The number of imidazole rings is 1. The van der Waals surface area contributed by atoms with E-state index in [9.17, 15) is 4.79 Å². The lowest BCUT2D eigenvalue weighted by Gasteiger charge is -2.15. The average molecular weight is 258 g/mol. The molecule has 1 unspecified atom stereocenters. The number of nitrogens with zero attached hydrogens (tertiary/aromatic N) is 2. The number of amides is 1. The van der Waals surface area contributed by atoms with Crippen LogP contribution in [0.25, 0.3) is 11.0 Å². The van der Waals surface area contributed by atoms with Crippen molar-refractivity contribution in [1.82, 2.24) is 14.9 Å². The average Bonchev–Trinajstić information content (AvgIpc) is 3.13. The van der Waals surface area contributed by atoms with Crippen LogP contribution in [0.3, 0.4) is 0 Å². The predicted octanol–water partition coefficient (Wildman–Crippen LogP) is 1.03. The lowest BCUT2D eigenvalue weighted by Crippen LogP contribution is -2.43. The zero-order valence-corrected chi connectivity index (χ0v) is 10.7. The minimum Gasteiger partial charge on any atom is -0.368 e. The highest BCUT2D eigenvalue weighted by molar-refractivity contribution is 5.80. The minimum atomic E-state index is -0.267. The Morgan fingerprint density at radius 3 is 3.00 bits per heavy atom. The molecule has 1 aliphatic rings. The van der Waals surface area contributed by atoms with Crippen LogP contribution in [0, 0.1) is 0 Å². The Kier molecular flexibility index (Phi) is 3.21. The van der Waals surface area contributed by atoms with E-state index in [2.05, 4.69) is 14.9 Å². The number of nitrogens with two attached hydrogens (primary N) is 1. The number of nitrogens with one attached hydrogen (secondary N) is 1. The Bertz CT molecular complexity index is 588. The van der Waals surface area contributed by atoms with Crippen molar-refractivity contribution in [3.8, 4) is 0 Å². The molecule has 100 valence electrons. The fourth-order valence-electron chi connectivity index (χ4n) is 2.30. The molecular weight excluding hydrogens is 240 g/mol. The SMILES string of the molecule is NC(=O)C(CCn1cnc2ccccc21)NC1CC1. The molecular formula is C14H18N4O. The molecule has 0 bridgehead atoms. The van der Waals surface area contributed by atoms with Crippen LogP contribution in [0.1, 0.15) is 19.3 Å². The van der Waals surface area contributed by atoms with Crippen LogP contribution < -0.4 is 11.1 Å². The van der Waals surface area contributed by atoms with E-state index in [1.54, 1.807) is 0 Å². The molecule has 5 nitrogen and oxygen atoms in total. The summed E-state index contributed by atoms with van der Waals surface area (Å²) in [4.78, 5) is 15.8. The zero-order valence-electron chi connectivity index (χ0n) is 10.7. The molecule has 1 amide bonds. The van der Waals surface area contributed by atoms with E-state index in [1.807, 2.05) is 30.6 Å². The van der Waals surface area contributed by atoms with E-state index in [1.165, 1.54) is 0 Å². The van der Waals surface area contributed by atoms with Crippen molar-refractivity contribution >= 4 is 16.9 Å². The van der Waals surface area contributed by atoms with Crippen LogP contribution in [0.15, 0.2) is 30.6 Å². The molecule has 1 aromatic heterocycles. The van der Waals surface area contributed by atoms with Crippen LogP contribution >= 0.6 is 0 Å². The molecule has 0 radical (unpaired) electrons. The normalized spacial score (nSPS) is 16.6. The summed E-state index contributed by atoms with van der Waals surface area (Å²) < 4.78 is 2.07. The van der Waals surface area contributed by atoms with Gasteiger partial charge in [0.15, 0.2) is 0 Å². The number of hydrogen-bond donors (Lipinski definition) is 2. The third-order valence-electron chi connectivity index (χ3n) is 3.54. The van der Waals surface area contributed by atoms with Gasteiger partial charge in [0.2, 0.25) is 5.91 Å². The van der Waals surface area contributed by atoms with Gasteiger partial charge in [-0.05, 0) is 31.4 Å². The minimum absolute atomic E-state index is 0.242. The van der Waals surface area contributed by atoms with Crippen LogP contribution in [-0.4, -0.2) is 27.5 Å². The maximum absolute atomic E-state index is 11.4. The standard InChI is InChI=1S/C14H18N4O/c15-14(19)12(17-10-5-6-10)7-8-18-9-16-11-3-1-2-4-13(11)18/h1-4,9-10,12,17H,5-8H2,(H2,15,19). The molecule has 1 heterocycles. The molecule has 1 aliphatic carbocycles. The number of hydrogen-bond acceptors (Lipinski definition) is 3. The van der Waals surface area contributed by atoms with Gasteiger partial charge in [0.05, 0.1) is 23.4 Å². The monoisotopic (exact) mass is 258 g/mol. The Hall–Kier alpha value is -1.88. The van der Waals surface area contributed by atoms with Crippen molar-refractivity contribution in [2.24, 2.45) is 5.73 Å².